The van der Waals surface area contributed by atoms with Crippen LogP contribution in [0.3, 0.4) is 0 Å². The summed E-state index contributed by atoms with van der Waals surface area (Å²) >= 11 is 0. The number of rotatable bonds is 7. The molecule has 0 radical (unpaired) electrons. The lowest BCUT2D eigenvalue weighted by Crippen LogP contribution is -2.28. The summed E-state index contributed by atoms with van der Waals surface area (Å²) in [6, 6.07) is 3.66. The maximum atomic E-state index is 12.4. The number of methoxy groups -OCH3 is 1. The van der Waals surface area contributed by atoms with Crippen molar-refractivity contribution in [1.82, 2.24) is 0 Å². The second-order valence-electron chi connectivity index (χ2n) is 4.20. The fourth-order valence-corrected chi connectivity index (χ4v) is 1.88. The first-order valence-electron chi connectivity index (χ1n) is 6.48. The molecule has 0 saturated carbocycles. The quantitative estimate of drug-likeness (QED) is 0.562. The van der Waals surface area contributed by atoms with Crippen LogP contribution < -0.4 is 4.74 Å². The third kappa shape index (κ3) is 3.55. The highest BCUT2D eigenvalue weighted by Gasteiger charge is 2.25. The average molecular weight is 266 g/mol. The van der Waals surface area contributed by atoms with Crippen molar-refractivity contribution >= 4 is 5.78 Å². The molecule has 1 rings (SSSR count). The molecule has 0 aliphatic heterocycles. The molecule has 0 aliphatic carbocycles. The lowest BCUT2D eigenvalue weighted by molar-refractivity contribution is -0.107. The molecular formula is C15H22O4. The summed E-state index contributed by atoms with van der Waals surface area (Å²) in [6.07, 6.45) is -0.869. The van der Waals surface area contributed by atoms with Crippen LogP contribution in [0, 0.1) is 13.8 Å². The van der Waals surface area contributed by atoms with E-state index < -0.39 is 6.29 Å². The minimum atomic E-state index is -0.869. The van der Waals surface area contributed by atoms with Crippen LogP contribution in [0.25, 0.3) is 0 Å². The third-order valence-corrected chi connectivity index (χ3v) is 3.00. The summed E-state index contributed by atoms with van der Waals surface area (Å²) in [5, 5.41) is 0. The first kappa shape index (κ1) is 15.7. The van der Waals surface area contributed by atoms with E-state index in [9.17, 15) is 4.79 Å². The molecule has 0 spiro atoms. The molecule has 1 aromatic carbocycles. The molecule has 106 valence electrons. The van der Waals surface area contributed by atoms with Gasteiger partial charge < -0.3 is 14.2 Å². The van der Waals surface area contributed by atoms with Crippen LogP contribution in [0.2, 0.25) is 0 Å². The van der Waals surface area contributed by atoms with Crippen LogP contribution in [0.5, 0.6) is 5.75 Å². The van der Waals surface area contributed by atoms with Crippen LogP contribution in [-0.4, -0.2) is 32.4 Å². The van der Waals surface area contributed by atoms with Gasteiger partial charge in [-0.1, -0.05) is 6.07 Å². The zero-order valence-corrected chi connectivity index (χ0v) is 12.3. The maximum absolute atomic E-state index is 12.4. The van der Waals surface area contributed by atoms with E-state index in [0.29, 0.717) is 24.5 Å². The molecule has 0 aromatic heterocycles. The maximum Gasteiger partial charge on any atom is 0.222 e. The predicted molar refractivity (Wildman–Crippen MR) is 73.8 cm³/mol. The molecule has 0 aliphatic rings. The second kappa shape index (κ2) is 7.26. The zero-order valence-electron chi connectivity index (χ0n) is 12.3. The van der Waals surface area contributed by atoms with Crippen molar-refractivity contribution in [2.75, 3.05) is 20.3 Å². The first-order valence-corrected chi connectivity index (χ1v) is 6.48. The standard InChI is InChI=1S/C15H22O4/c1-6-18-15(19-7-2)13(16)12-9-8-10(3)11(4)14(12)17-5/h8-9,15H,6-7H2,1-5H3. The smallest absolute Gasteiger partial charge is 0.222 e. The average Bonchev–Trinajstić information content (AvgIpc) is 2.40. The van der Waals surface area contributed by atoms with Gasteiger partial charge in [-0.3, -0.25) is 4.79 Å². The van der Waals surface area contributed by atoms with Gasteiger partial charge in [-0.25, -0.2) is 0 Å². The van der Waals surface area contributed by atoms with E-state index in [1.54, 1.807) is 13.2 Å². The Labute approximate surface area is 114 Å². The Morgan fingerprint density at radius 1 is 1.16 bits per heavy atom. The summed E-state index contributed by atoms with van der Waals surface area (Å²) < 4.78 is 16.0. The van der Waals surface area contributed by atoms with Gasteiger partial charge in [-0.2, -0.15) is 0 Å². The normalized spacial score (nSPS) is 10.8. The summed E-state index contributed by atoms with van der Waals surface area (Å²) in [5.74, 6) is 0.387. The van der Waals surface area contributed by atoms with Crippen molar-refractivity contribution in [3.8, 4) is 5.75 Å². The molecule has 0 unspecified atom stereocenters. The van der Waals surface area contributed by atoms with E-state index in [-0.39, 0.29) is 5.78 Å². The van der Waals surface area contributed by atoms with Crippen LogP contribution in [-0.2, 0) is 9.47 Å². The van der Waals surface area contributed by atoms with E-state index in [1.807, 2.05) is 33.8 Å². The number of ether oxygens (including phenoxy) is 3. The van der Waals surface area contributed by atoms with E-state index in [4.69, 9.17) is 14.2 Å². The molecule has 0 saturated heterocycles. The fraction of sp³-hybridized carbons (Fsp3) is 0.533. The zero-order chi connectivity index (χ0) is 14.4. The third-order valence-electron chi connectivity index (χ3n) is 3.00. The van der Waals surface area contributed by atoms with Crippen LogP contribution in [0.1, 0.15) is 35.3 Å². The van der Waals surface area contributed by atoms with Gasteiger partial charge in [0.05, 0.1) is 12.7 Å². The van der Waals surface area contributed by atoms with Crippen molar-refractivity contribution in [2.45, 2.75) is 34.0 Å². The number of hydrogen-bond acceptors (Lipinski definition) is 4. The predicted octanol–water partition coefficient (Wildman–Crippen LogP) is 2.89. The van der Waals surface area contributed by atoms with Crippen molar-refractivity contribution in [1.29, 1.82) is 0 Å². The minimum absolute atomic E-state index is 0.205. The van der Waals surface area contributed by atoms with Gasteiger partial charge in [-0.15, -0.1) is 0 Å². The molecule has 0 heterocycles. The Hall–Kier alpha value is -1.39. The van der Waals surface area contributed by atoms with Crippen molar-refractivity contribution in [2.24, 2.45) is 0 Å². The molecule has 0 fully saturated rings. The summed E-state index contributed by atoms with van der Waals surface area (Å²) in [6.45, 7) is 8.41. The van der Waals surface area contributed by atoms with Gasteiger partial charge in [0.1, 0.15) is 5.75 Å². The topological polar surface area (TPSA) is 44.8 Å². The number of carbonyl (C=O) groups excluding carboxylic acids is 1. The number of ketones is 1. The number of Topliss-reactive ketones (excluding diaryl/α,β-unsaturated/α-hetero) is 1. The SMILES string of the molecule is CCOC(OCC)C(=O)c1ccc(C)c(C)c1OC. The highest BCUT2D eigenvalue weighted by molar-refractivity contribution is 6.01. The number of carbonyl (C=O) groups is 1. The lowest BCUT2D eigenvalue weighted by Gasteiger charge is -2.18. The Bertz CT molecular complexity index is 434. The minimum Gasteiger partial charge on any atom is -0.496 e. The van der Waals surface area contributed by atoms with Crippen molar-refractivity contribution < 1.29 is 19.0 Å². The van der Waals surface area contributed by atoms with Gasteiger partial charge in [-0.05, 0) is 44.9 Å². The monoisotopic (exact) mass is 266 g/mol. The lowest BCUT2D eigenvalue weighted by atomic mass is 10.0. The highest BCUT2D eigenvalue weighted by atomic mass is 16.7. The molecule has 1 aromatic rings. The Balaban J connectivity index is 3.13. The van der Waals surface area contributed by atoms with E-state index >= 15 is 0 Å². The Morgan fingerprint density at radius 3 is 2.21 bits per heavy atom. The van der Waals surface area contributed by atoms with Crippen molar-refractivity contribution in [3.63, 3.8) is 0 Å². The first-order chi connectivity index (χ1) is 9.06. The number of aryl methyl sites for hydroxylation is 1. The summed E-state index contributed by atoms with van der Waals surface area (Å²) in [7, 11) is 1.56. The van der Waals surface area contributed by atoms with Gasteiger partial charge in [0, 0.05) is 13.2 Å². The van der Waals surface area contributed by atoms with E-state index in [0.717, 1.165) is 11.1 Å². The van der Waals surface area contributed by atoms with Gasteiger partial charge >= 0.3 is 0 Å². The van der Waals surface area contributed by atoms with Gasteiger partial charge in [0.15, 0.2) is 0 Å². The molecule has 4 nitrogen and oxygen atoms in total. The molecule has 0 atom stereocenters. The molecule has 19 heavy (non-hydrogen) atoms. The van der Waals surface area contributed by atoms with Crippen LogP contribution in [0.15, 0.2) is 12.1 Å². The van der Waals surface area contributed by atoms with Crippen LogP contribution >= 0.6 is 0 Å². The Kier molecular flexibility index (Phi) is 5.99. The van der Waals surface area contributed by atoms with E-state index in [2.05, 4.69) is 0 Å². The highest BCUT2D eigenvalue weighted by Crippen LogP contribution is 2.27. The molecule has 0 bridgehead atoms. The van der Waals surface area contributed by atoms with Gasteiger partial charge in [0.25, 0.3) is 0 Å². The van der Waals surface area contributed by atoms with E-state index in [1.165, 1.54) is 0 Å². The molecule has 4 heteroatoms. The van der Waals surface area contributed by atoms with Crippen molar-refractivity contribution in [3.05, 3.63) is 28.8 Å². The fourth-order valence-electron chi connectivity index (χ4n) is 1.88. The van der Waals surface area contributed by atoms with Crippen LogP contribution in [0.4, 0.5) is 0 Å². The summed E-state index contributed by atoms with van der Waals surface area (Å²) in [4.78, 5) is 12.4. The molecule has 0 amide bonds. The summed E-state index contributed by atoms with van der Waals surface area (Å²) in [5.41, 5.74) is 2.54. The number of hydrogen-bond donors (Lipinski definition) is 0. The number of benzene rings is 1. The van der Waals surface area contributed by atoms with Gasteiger partial charge in [0.2, 0.25) is 12.1 Å². The Morgan fingerprint density at radius 2 is 1.74 bits per heavy atom. The second-order valence-corrected chi connectivity index (χ2v) is 4.20. The molecule has 0 N–H and O–H groups in total. The largest absolute Gasteiger partial charge is 0.496 e. The molecular weight excluding hydrogens is 244 g/mol.